The molecule has 0 unspecified atom stereocenters. The smallest absolute Gasteiger partial charge is 0.756 e. The summed E-state index contributed by atoms with van der Waals surface area (Å²) in [7, 11) is -4.89. The van der Waals surface area contributed by atoms with Gasteiger partial charge in [0.25, 0.3) is 7.82 Å². The van der Waals surface area contributed by atoms with Crippen molar-refractivity contribution in [1.82, 2.24) is 0 Å². The summed E-state index contributed by atoms with van der Waals surface area (Å²) >= 11 is 0. The molecule has 0 heterocycles. The van der Waals surface area contributed by atoms with Gasteiger partial charge in [-0.15, -0.1) is 0 Å². The molecule has 0 amide bonds. The molecule has 6 heteroatoms. The van der Waals surface area contributed by atoms with Gasteiger partial charge in [0.2, 0.25) is 0 Å². The van der Waals surface area contributed by atoms with E-state index < -0.39 is 7.82 Å². The third-order valence-electron chi connectivity index (χ3n) is 0. The van der Waals surface area contributed by atoms with Gasteiger partial charge in [-0.1, -0.05) is 0 Å². The first-order valence-corrected chi connectivity index (χ1v) is 2.30. The van der Waals surface area contributed by atoms with Crippen molar-refractivity contribution in [3.8, 4) is 0 Å². The molecule has 0 aromatic carbocycles. The summed E-state index contributed by atoms with van der Waals surface area (Å²) in [6, 6.07) is 0. The van der Waals surface area contributed by atoms with Gasteiger partial charge in [0.05, 0.1) is 0 Å². The molecule has 6 heavy (non-hydrogen) atoms. The molecule has 33 valence electrons. The Hall–Kier alpha value is 1.37. The van der Waals surface area contributed by atoms with Crippen LogP contribution in [-0.4, -0.2) is 47.5 Å². The minimum Gasteiger partial charge on any atom is -0.756 e. The molecule has 0 spiro atoms. The van der Waals surface area contributed by atoms with Gasteiger partial charge >= 0.3 is 37.7 Å². The Balaban J connectivity index is 0. The van der Waals surface area contributed by atoms with E-state index in [0.29, 0.717) is 0 Å². The van der Waals surface area contributed by atoms with Crippen LogP contribution in [0, 0.1) is 0 Å². The van der Waals surface area contributed by atoms with Gasteiger partial charge in [-0.25, -0.2) is 0 Å². The Morgan fingerprint density at radius 1 is 1.50 bits per heavy atom. The average Bonchev–Trinajstić information content (AvgIpc) is 0.722. The van der Waals surface area contributed by atoms with Crippen molar-refractivity contribution in [3.05, 3.63) is 0 Å². The molecule has 0 rings (SSSR count). The fourth-order valence-electron chi connectivity index (χ4n) is 0. The summed E-state index contributed by atoms with van der Waals surface area (Å²) in [4.78, 5) is 22.9. The second-order valence-electron chi connectivity index (χ2n) is 0.491. The maximum atomic E-state index is 8.77. The first-order chi connectivity index (χ1) is 2.00. The van der Waals surface area contributed by atoms with Gasteiger partial charge in [-0.3, -0.25) is 4.57 Å². The summed E-state index contributed by atoms with van der Waals surface area (Å²) in [6.45, 7) is 0. The van der Waals surface area contributed by atoms with Crippen LogP contribution in [0.5, 0.6) is 0 Å². The second-order valence-corrected chi connectivity index (χ2v) is 1.47. The summed E-state index contributed by atoms with van der Waals surface area (Å²) in [5.41, 5.74) is 0. The molecule has 1 radical (unpaired) electrons. The zero-order chi connectivity index (χ0) is 4.50. The van der Waals surface area contributed by atoms with Gasteiger partial charge < -0.3 is 14.7 Å². The first-order valence-electron chi connectivity index (χ1n) is 0.765. The molecule has 0 saturated heterocycles. The van der Waals surface area contributed by atoms with Gasteiger partial charge in [0.15, 0.2) is 0 Å². The van der Waals surface area contributed by atoms with Crippen LogP contribution in [0.3, 0.4) is 0 Å². The van der Waals surface area contributed by atoms with E-state index in [4.69, 9.17) is 19.2 Å². The Morgan fingerprint density at radius 2 is 1.50 bits per heavy atom. The Bertz CT molecular complexity index is 53.7. The molecule has 0 aliphatic carbocycles. The number of hydrogen-bond acceptors (Lipinski definition) is 2. The second kappa shape index (κ2) is 3.38. The fourth-order valence-corrected chi connectivity index (χ4v) is 0. The zero-order valence-electron chi connectivity index (χ0n) is 2.87. The SMILES string of the molecule is O=P([O-])(O)O.[Ca+]. The van der Waals surface area contributed by atoms with Crippen molar-refractivity contribution in [2.75, 3.05) is 0 Å². The number of phosphoric acid groups is 1. The molecular weight excluding hydrogens is 135 g/mol. The molecule has 0 saturated carbocycles. The normalized spacial score (nSPS) is 9.83. The molecule has 0 fully saturated rings. The third kappa shape index (κ3) is 54.6. The molecule has 4 nitrogen and oxygen atoms in total. The molecule has 0 bridgehead atoms. The van der Waals surface area contributed by atoms with E-state index >= 15 is 0 Å². The van der Waals surface area contributed by atoms with E-state index in [1.54, 1.807) is 0 Å². The van der Waals surface area contributed by atoms with Gasteiger partial charge in [0.1, 0.15) is 0 Å². The Labute approximate surface area is 64.4 Å². The van der Waals surface area contributed by atoms with Crippen molar-refractivity contribution in [3.63, 3.8) is 0 Å². The molecule has 0 atom stereocenters. The van der Waals surface area contributed by atoms with Gasteiger partial charge in [-0.05, 0) is 0 Å². The van der Waals surface area contributed by atoms with Crippen molar-refractivity contribution in [2.45, 2.75) is 0 Å². The fraction of sp³-hybridized carbons (Fsp3) is 0. The molecule has 0 aliphatic heterocycles. The topological polar surface area (TPSA) is 80.6 Å². The van der Waals surface area contributed by atoms with Crippen LogP contribution in [0.25, 0.3) is 0 Å². The first kappa shape index (κ1) is 10.4. The average molecular weight is 137 g/mol. The van der Waals surface area contributed by atoms with Crippen LogP contribution < -0.4 is 4.89 Å². The summed E-state index contributed by atoms with van der Waals surface area (Å²) in [5, 5.41) is 0. The maximum absolute atomic E-state index is 8.77. The Kier molecular flexibility index (Phi) is 5.84. The predicted molar refractivity (Wildman–Crippen MR) is 17.8 cm³/mol. The van der Waals surface area contributed by atoms with E-state index in [0.717, 1.165) is 0 Å². The monoisotopic (exact) mass is 137 g/mol. The van der Waals surface area contributed by atoms with Crippen LogP contribution in [0.4, 0.5) is 0 Å². The number of hydrogen-bond donors (Lipinski definition) is 2. The minimum atomic E-state index is -4.89. The van der Waals surface area contributed by atoms with Gasteiger partial charge in [-0.2, -0.15) is 0 Å². The molecule has 0 aliphatic rings. The summed E-state index contributed by atoms with van der Waals surface area (Å²) < 4.78 is 8.77. The van der Waals surface area contributed by atoms with Crippen molar-refractivity contribution in [1.29, 1.82) is 0 Å². The van der Waals surface area contributed by atoms with Crippen molar-refractivity contribution >= 4 is 45.6 Å². The van der Waals surface area contributed by atoms with Crippen LogP contribution in [0.2, 0.25) is 0 Å². The Morgan fingerprint density at radius 3 is 1.50 bits per heavy atom. The zero-order valence-corrected chi connectivity index (χ0v) is 5.97. The maximum Gasteiger partial charge on any atom is 1.00 e. The summed E-state index contributed by atoms with van der Waals surface area (Å²) in [5.74, 6) is 0. The molecule has 0 aromatic rings. The number of rotatable bonds is 0. The van der Waals surface area contributed by atoms with E-state index in [2.05, 4.69) is 0 Å². The van der Waals surface area contributed by atoms with Crippen LogP contribution in [0.1, 0.15) is 0 Å². The molecular formula is H2CaO4P. The van der Waals surface area contributed by atoms with Crippen molar-refractivity contribution in [2.24, 2.45) is 0 Å². The van der Waals surface area contributed by atoms with E-state index in [1.165, 1.54) is 0 Å². The summed E-state index contributed by atoms with van der Waals surface area (Å²) in [6.07, 6.45) is 0. The predicted octanol–water partition coefficient (Wildman–Crippen LogP) is -1.94. The van der Waals surface area contributed by atoms with E-state index in [9.17, 15) is 0 Å². The molecule has 0 aromatic heterocycles. The molecule has 2 N–H and O–H groups in total. The van der Waals surface area contributed by atoms with Gasteiger partial charge in [0, 0.05) is 0 Å². The third-order valence-corrected chi connectivity index (χ3v) is 0. The quantitative estimate of drug-likeness (QED) is 0.300. The standard InChI is InChI=1S/Ca.H3O4P/c;1-5(2,3)4/h;(H3,1,2,3,4)/q+1;/p-1. The van der Waals surface area contributed by atoms with E-state index in [1.807, 2.05) is 0 Å². The van der Waals surface area contributed by atoms with Crippen LogP contribution >= 0.6 is 7.82 Å². The minimum absolute atomic E-state index is 0. The van der Waals surface area contributed by atoms with Crippen molar-refractivity contribution < 1.29 is 19.2 Å². The largest absolute Gasteiger partial charge is 1.00 e. The van der Waals surface area contributed by atoms with Crippen LogP contribution in [-0.2, 0) is 4.57 Å². The van der Waals surface area contributed by atoms with E-state index in [-0.39, 0.29) is 37.7 Å². The van der Waals surface area contributed by atoms with Crippen LogP contribution in [0.15, 0.2) is 0 Å².